The minimum absolute atomic E-state index is 0.0639. The first-order valence-corrected chi connectivity index (χ1v) is 5.56. The molecule has 0 aromatic heterocycles. The lowest BCUT2D eigenvalue weighted by atomic mass is 10.0. The van der Waals surface area contributed by atoms with Crippen molar-refractivity contribution in [3.63, 3.8) is 0 Å². The van der Waals surface area contributed by atoms with Crippen LogP contribution in [0.1, 0.15) is 6.92 Å². The fraction of sp³-hybridized carbons (Fsp3) is 0.308. The Labute approximate surface area is 101 Å². The van der Waals surface area contributed by atoms with Gasteiger partial charge < -0.3 is 15.4 Å². The van der Waals surface area contributed by atoms with Crippen molar-refractivity contribution in [1.82, 2.24) is 5.32 Å². The van der Waals surface area contributed by atoms with Gasteiger partial charge in [0.1, 0.15) is 5.75 Å². The summed E-state index contributed by atoms with van der Waals surface area (Å²) in [6.07, 6.45) is 0. The van der Waals surface area contributed by atoms with Crippen LogP contribution in [0.5, 0.6) is 5.75 Å². The average molecular weight is 232 g/mol. The van der Waals surface area contributed by atoms with Crippen molar-refractivity contribution in [2.24, 2.45) is 0 Å². The molecule has 0 atom stereocenters. The zero-order valence-electron chi connectivity index (χ0n) is 10.0. The van der Waals surface area contributed by atoms with Crippen LogP contribution in [0.2, 0.25) is 0 Å². The van der Waals surface area contributed by atoms with Crippen LogP contribution in [-0.2, 0) is 4.79 Å². The number of para-hydroxylation sites is 2. The van der Waals surface area contributed by atoms with Gasteiger partial charge in [0.25, 0.3) is 5.91 Å². The van der Waals surface area contributed by atoms with Gasteiger partial charge in [0.15, 0.2) is 0 Å². The van der Waals surface area contributed by atoms with Gasteiger partial charge in [-0.05, 0) is 24.6 Å². The normalized spacial score (nSPS) is 13.9. The van der Waals surface area contributed by atoms with Crippen LogP contribution in [0.4, 0.5) is 5.69 Å². The quantitative estimate of drug-likeness (QED) is 0.777. The van der Waals surface area contributed by atoms with Crippen LogP contribution in [-0.4, -0.2) is 26.1 Å². The average Bonchev–Trinajstić information content (AvgIpc) is 2.27. The molecule has 0 aliphatic carbocycles. The summed E-state index contributed by atoms with van der Waals surface area (Å²) in [5, 5.41) is 5.98. The summed E-state index contributed by atoms with van der Waals surface area (Å²) in [6.45, 7) is 3.47. The van der Waals surface area contributed by atoms with E-state index in [0.717, 1.165) is 24.2 Å². The molecule has 0 unspecified atom stereocenters. The number of benzene rings is 1. The van der Waals surface area contributed by atoms with Crippen LogP contribution in [0.25, 0.3) is 0 Å². The zero-order valence-corrected chi connectivity index (χ0v) is 10.0. The van der Waals surface area contributed by atoms with Gasteiger partial charge in [0.2, 0.25) is 0 Å². The maximum atomic E-state index is 12.0. The van der Waals surface area contributed by atoms with Gasteiger partial charge in [-0.3, -0.25) is 4.79 Å². The molecule has 1 fully saturated rings. The lowest BCUT2D eigenvalue weighted by Crippen LogP contribution is -2.36. The van der Waals surface area contributed by atoms with E-state index >= 15 is 0 Å². The van der Waals surface area contributed by atoms with Crippen LogP contribution in [0.3, 0.4) is 0 Å². The van der Waals surface area contributed by atoms with Crippen LogP contribution < -0.4 is 15.4 Å². The summed E-state index contributed by atoms with van der Waals surface area (Å²) in [5.41, 5.74) is 2.65. The number of ether oxygens (including phenoxy) is 1. The highest BCUT2D eigenvalue weighted by Crippen LogP contribution is 2.24. The molecule has 1 aromatic carbocycles. The van der Waals surface area contributed by atoms with E-state index in [1.165, 1.54) is 0 Å². The molecule has 1 heterocycles. The Bertz CT molecular complexity index is 460. The van der Waals surface area contributed by atoms with Crippen LogP contribution in [0, 0.1) is 0 Å². The van der Waals surface area contributed by atoms with E-state index in [9.17, 15) is 4.79 Å². The lowest BCUT2D eigenvalue weighted by Gasteiger charge is -2.21. The third-order valence-electron chi connectivity index (χ3n) is 2.90. The van der Waals surface area contributed by atoms with E-state index in [-0.39, 0.29) is 5.91 Å². The molecule has 4 nitrogen and oxygen atoms in total. The number of amides is 1. The molecule has 1 aromatic rings. The first-order chi connectivity index (χ1) is 8.22. The van der Waals surface area contributed by atoms with Crippen molar-refractivity contribution in [3.8, 4) is 5.75 Å². The van der Waals surface area contributed by atoms with E-state index in [4.69, 9.17) is 4.74 Å². The molecule has 0 radical (unpaired) electrons. The smallest absolute Gasteiger partial charge is 0.251 e. The Morgan fingerprint density at radius 2 is 2.06 bits per heavy atom. The van der Waals surface area contributed by atoms with E-state index < -0.39 is 0 Å². The van der Waals surface area contributed by atoms with Crippen molar-refractivity contribution in [3.05, 3.63) is 35.4 Å². The third kappa shape index (κ3) is 2.47. The molecule has 0 bridgehead atoms. The van der Waals surface area contributed by atoms with Gasteiger partial charge >= 0.3 is 0 Å². The second-order valence-corrected chi connectivity index (χ2v) is 3.99. The molecule has 4 heteroatoms. The lowest BCUT2D eigenvalue weighted by molar-refractivity contribution is -0.112. The number of hydrogen-bond acceptors (Lipinski definition) is 3. The zero-order chi connectivity index (χ0) is 12.3. The van der Waals surface area contributed by atoms with Gasteiger partial charge in [0, 0.05) is 18.7 Å². The Balaban J connectivity index is 2.13. The van der Waals surface area contributed by atoms with E-state index in [1.807, 2.05) is 31.2 Å². The summed E-state index contributed by atoms with van der Waals surface area (Å²) in [6, 6.07) is 7.39. The van der Waals surface area contributed by atoms with Crippen molar-refractivity contribution in [2.45, 2.75) is 6.92 Å². The Morgan fingerprint density at radius 1 is 1.35 bits per heavy atom. The number of anilines is 1. The molecule has 0 spiro atoms. The number of rotatable bonds is 3. The monoisotopic (exact) mass is 232 g/mol. The number of hydrogen-bond donors (Lipinski definition) is 2. The summed E-state index contributed by atoms with van der Waals surface area (Å²) in [4.78, 5) is 12.0. The van der Waals surface area contributed by atoms with Gasteiger partial charge in [-0.1, -0.05) is 12.1 Å². The minimum Gasteiger partial charge on any atom is -0.495 e. The standard InChI is InChI=1S/C13H16N2O2/c1-9(10-7-14-8-10)13(16)15-11-5-3-4-6-12(11)17-2/h3-6,14H,7-8H2,1-2H3,(H,15,16). The number of carbonyl (C=O) groups is 1. The van der Waals surface area contributed by atoms with Crippen molar-refractivity contribution < 1.29 is 9.53 Å². The van der Waals surface area contributed by atoms with Crippen LogP contribution in [0.15, 0.2) is 35.4 Å². The molecule has 0 saturated carbocycles. The van der Waals surface area contributed by atoms with Gasteiger partial charge in [0.05, 0.1) is 12.8 Å². The Kier molecular flexibility index (Phi) is 3.44. The molecule has 2 N–H and O–H groups in total. The largest absolute Gasteiger partial charge is 0.495 e. The van der Waals surface area contributed by atoms with E-state index in [0.29, 0.717) is 11.4 Å². The topological polar surface area (TPSA) is 50.4 Å². The first kappa shape index (κ1) is 11.7. The maximum absolute atomic E-state index is 12.0. The third-order valence-corrected chi connectivity index (χ3v) is 2.90. The summed E-state index contributed by atoms with van der Waals surface area (Å²) in [7, 11) is 1.59. The molecule has 1 aliphatic heterocycles. The maximum Gasteiger partial charge on any atom is 0.251 e. The molecule has 1 aliphatic rings. The highest BCUT2D eigenvalue weighted by Gasteiger charge is 2.16. The minimum atomic E-state index is -0.0639. The molecule has 90 valence electrons. The Morgan fingerprint density at radius 3 is 2.65 bits per heavy atom. The summed E-state index contributed by atoms with van der Waals surface area (Å²) < 4.78 is 5.18. The second kappa shape index (κ2) is 5.01. The SMILES string of the molecule is COc1ccccc1NC(=O)C(C)=C1CNC1. The highest BCUT2D eigenvalue weighted by atomic mass is 16.5. The predicted octanol–water partition coefficient (Wildman–Crippen LogP) is 1.55. The van der Waals surface area contributed by atoms with Crippen molar-refractivity contribution in [1.29, 1.82) is 0 Å². The van der Waals surface area contributed by atoms with Crippen LogP contribution >= 0.6 is 0 Å². The van der Waals surface area contributed by atoms with Gasteiger partial charge in [-0.15, -0.1) is 0 Å². The number of methoxy groups -OCH3 is 1. The molecular weight excluding hydrogens is 216 g/mol. The summed E-state index contributed by atoms with van der Waals surface area (Å²) >= 11 is 0. The van der Waals surface area contributed by atoms with Crippen molar-refractivity contribution in [2.75, 3.05) is 25.5 Å². The molecule has 1 amide bonds. The fourth-order valence-corrected chi connectivity index (χ4v) is 1.64. The molecule has 1 saturated heterocycles. The first-order valence-electron chi connectivity index (χ1n) is 5.56. The van der Waals surface area contributed by atoms with E-state index in [1.54, 1.807) is 7.11 Å². The summed E-state index contributed by atoms with van der Waals surface area (Å²) in [5.74, 6) is 0.608. The fourth-order valence-electron chi connectivity index (χ4n) is 1.64. The Hall–Kier alpha value is -1.81. The number of carbonyl (C=O) groups excluding carboxylic acids is 1. The molecule has 17 heavy (non-hydrogen) atoms. The van der Waals surface area contributed by atoms with Gasteiger partial charge in [-0.2, -0.15) is 0 Å². The predicted molar refractivity (Wildman–Crippen MR) is 67.2 cm³/mol. The second-order valence-electron chi connectivity index (χ2n) is 3.99. The molecule has 2 rings (SSSR count). The van der Waals surface area contributed by atoms with E-state index in [2.05, 4.69) is 10.6 Å². The molecular formula is C13H16N2O2. The number of nitrogens with one attached hydrogen (secondary N) is 2. The highest BCUT2D eigenvalue weighted by molar-refractivity contribution is 6.04. The van der Waals surface area contributed by atoms with Gasteiger partial charge in [-0.25, -0.2) is 0 Å². The van der Waals surface area contributed by atoms with Crippen molar-refractivity contribution >= 4 is 11.6 Å².